The summed E-state index contributed by atoms with van der Waals surface area (Å²) in [5.41, 5.74) is 0.527. The third-order valence-electron chi connectivity index (χ3n) is 1.18. The number of hydrogen-bond donors (Lipinski definition) is 0. The van der Waals surface area contributed by atoms with Crippen LogP contribution < -0.4 is 9.58 Å². The lowest BCUT2D eigenvalue weighted by molar-refractivity contribution is -0.675. The third kappa shape index (κ3) is 1.15. The van der Waals surface area contributed by atoms with E-state index in [1.54, 1.807) is 13.0 Å². The highest BCUT2D eigenvalue weighted by Crippen LogP contribution is 2.04. The predicted octanol–water partition coefficient (Wildman–Crippen LogP) is 0.0320. The summed E-state index contributed by atoms with van der Waals surface area (Å²) in [6.45, 7) is 1.67. The second-order valence-electron chi connectivity index (χ2n) is 1.91. The minimum atomic E-state index is 0.527. The molecule has 0 aliphatic heterocycles. The van der Waals surface area contributed by atoms with Crippen LogP contribution in [0.15, 0.2) is 12.3 Å². The van der Waals surface area contributed by atoms with Crippen LogP contribution in [-0.4, -0.2) is 12.2 Å². The lowest BCUT2D eigenvalue weighted by Gasteiger charge is -1.98. The van der Waals surface area contributed by atoms with Gasteiger partial charge in [-0.15, -0.1) is 0 Å². The Hall–Kier alpha value is -1.32. The molecular formula is C6H8N2O2. The van der Waals surface area contributed by atoms with E-state index >= 15 is 0 Å². The standard InChI is InChI=1S/C6H8N2O2/c1-5-3-6(10-2)4-7-8(5)9/h3-4H,1-2H3. The van der Waals surface area contributed by atoms with Gasteiger partial charge in [0.15, 0.2) is 0 Å². The summed E-state index contributed by atoms with van der Waals surface area (Å²) in [7, 11) is 1.53. The minimum absolute atomic E-state index is 0.527. The fraction of sp³-hybridized carbons (Fsp3) is 0.333. The largest absolute Gasteiger partial charge is 0.594 e. The molecule has 54 valence electrons. The Bertz CT molecular complexity index is 237. The highest BCUT2D eigenvalue weighted by molar-refractivity contribution is 5.15. The van der Waals surface area contributed by atoms with Crippen LogP contribution in [0.1, 0.15) is 5.69 Å². The molecule has 0 N–H and O–H groups in total. The van der Waals surface area contributed by atoms with E-state index in [1.165, 1.54) is 13.3 Å². The monoisotopic (exact) mass is 140 g/mol. The number of aromatic nitrogens is 2. The maximum Gasteiger partial charge on any atom is 0.222 e. The van der Waals surface area contributed by atoms with Crippen molar-refractivity contribution >= 4 is 0 Å². The fourth-order valence-corrected chi connectivity index (χ4v) is 0.610. The van der Waals surface area contributed by atoms with Crippen molar-refractivity contribution in [1.82, 2.24) is 5.10 Å². The molecule has 0 bridgehead atoms. The van der Waals surface area contributed by atoms with Gasteiger partial charge in [-0.2, -0.15) is 0 Å². The zero-order valence-corrected chi connectivity index (χ0v) is 5.87. The average molecular weight is 140 g/mol. The summed E-state index contributed by atoms with van der Waals surface area (Å²) in [6.07, 6.45) is 1.38. The smallest absolute Gasteiger partial charge is 0.222 e. The molecule has 0 atom stereocenters. The number of aryl methyl sites for hydroxylation is 1. The Labute approximate surface area is 58.6 Å². The predicted molar refractivity (Wildman–Crippen MR) is 34.5 cm³/mol. The van der Waals surface area contributed by atoms with Gasteiger partial charge < -0.3 is 9.94 Å². The molecule has 0 aliphatic carbocycles. The lowest BCUT2D eigenvalue weighted by Crippen LogP contribution is -2.33. The molecule has 0 fully saturated rings. The third-order valence-corrected chi connectivity index (χ3v) is 1.18. The van der Waals surface area contributed by atoms with Gasteiger partial charge in [-0.1, -0.05) is 4.85 Å². The number of hydrogen-bond acceptors (Lipinski definition) is 3. The maximum atomic E-state index is 10.6. The molecule has 1 aromatic heterocycles. The van der Waals surface area contributed by atoms with Gasteiger partial charge in [0.2, 0.25) is 5.69 Å². The molecule has 0 unspecified atom stereocenters. The summed E-state index contributed by atoms with van der Waals surface area (Å²) in [5, 5.41) is 14.1. The van der Waals surface area contributed by atoms with E-state index in [0.717, 1.165) is 0 Å². The van der Waals surface area contributed by atoms with Gasteiger partial charge in [0, 0.05) is 12.0 Å². The fourth-order valence-electron chi connectivity index (χ4n) is 0.610. The van der Waals surface area contributed by atoms with E-state index in [2.05, 4.69) is 5.10 Å². The number of methoxy groups -OCH3 is 1. The van der Waals surface area contributed by atoms with Gasteiger partial charge in [-0.05, 0) is 0 Å². The normalized spacial score (nSPS) is 9.40. The summed E-state index contributed by atoms with van der Waals surface area (Å²) < 4.78 is 4.84. The number of rotatable bonds is 1. The van der Waals surface area contributed by atoms with Gasteiger partial charge in [0.05, 0.1) is 13.2 Å². The molecule has 0 amide bonds. The molecule has 0 aliphatic rings. The summed E-state index contributed by atoms with van der Waals surface area (Å²) in [4.78, 5) is 0.544. The van der Waals surface area contributed by atoms with Crippen LogP contribution in [0.2, 0.25) is 0 Å². The molecule has 4 nitrogen and oxygen atoms in total. The van der Waals surface area contributed by atoms with E-state index in [9.17, 15) is 5.21 Å². The zero-order valence-electron chi connectivity index (χ0n) is 5.87. The molecule has 1 heterocycles. The van der Waals surface area contributed by atoms with Gasteiger partial charge in [-0.3, -0.25) is 0 Å². The quantitative estimate of drug-likeness (QED) is 0.408. The molecular weight excluding hydrogens is 132 g/mol. The van der Waals surface area contributed by atoms with Crippen molar-refractivity contribution in [3.05, 3.63) is 23.2 Å². The Kier molecular flexibility index (Phi) is 1.71. The average Bonchev–Trinajstić information content (AvgIpc) is 1.95. The lowest BCUT2D eigenvalue weighted by atomic mass is 10.4. The molecule has 0 saturated carbocycles. The molecule has 10 heavy (non-hydrogen) atoms. The van der Waals surface area contributed by atoms with Crippen molar-refractivity contribution in [2.45, 2.75) is 6.92 Å². The first-order valence-electron chi connectivity index (χ1n) is 2.84. The molecule has 0 aromatic carbocycles. The zero-order chi connectivity index (χ0) is 7.56. The highest BCUT2D eigenvalue weighted by atomic mass is 16.5. The van der Waals surface area contributed by atoms with Crippen LogP contribution in [0.3, 0.4) is 0 Å². The molecule has 0 spiro atoms. The summed E-state index contributed by atoms with van der Waals surface area (Å²) in [6, 6.07) is 1.62. The SMILES string of the molecule is COc1cn[n+]([O-])c(C)c1. The van der Waals surface area contributed by atoms with Crippen molar-refractivity contribution in [2.75, 3.05) is 7.11 Å². The summed E-state index contributed by atoms with van der Waals surface area (Å²) in [5.74, 6) is 0.601. The van der Waals surface area contributed by atoms with Crippen LogP contribution in [0, 0.1) is 12.1 Å². The van der Waals surface area contributed by atoms with E-state index in [4.69, 9.17) is 4.74 Å². The first kappa shape index (κ1) is 6.80. The molecule has 0 radical (unpaired) electrons. The molecule has 1 rings (SSSR count). The Balaban J connectivity index is 3.04. The minimum Gasteiger partial charge on any atom is -0.594 e. The van der Waals surface area contributed by atoms with Crippen LogP contribution in [-0.2, 0) is 0 Å². The van der Waals surface area contributed by atoms with Crippen molar-refractivity contribution < 1.29 is 9.58 Å². The van der Waals surface area contributed by atoms with E-state index in [1.807, 2.05) is 0 Å². The molecule has 0 saturated heterocycles. The first-order chi connectivity index (χ1) is 4.74. The van der Waals surface area contributed by atoms with E-state index < -0.39 is 0 Å². The van der Waals surface area contributed by atoms with Crippen LogP contribution in [0.5, 0.6) is 5.75 Å². The Morgan fingerprint density at radius 1 is 1.70 bits per heavy atom. The van der Waals surface area contributed by atoms with Gasteiger partial charge in [0.25, 0.3) is 0 Å². The van der Waals surface area contributed by atoms with Crippen LogP contribution >= 0.6 is 0 Å². The second kappa shape index (κ2) is 2.51. The van der Waals surface area contributed by atoms with Crippen molar-refractivity contribution in [1.29, 1.82) is 0 Å². The highest BCUT2D eigenvalue weighted by Gasteiger charge is 2.00. The van der Waals surface area contributed by atoms with Crippen LogP contribution in [0.25, 0.3) is 0 Å². The molecule has 4 heteroatoms. The Morgan fingerprint density at radius 3 is 2.90 bits per heavy atom. The first-order valence-corrected chi connectivity index (χ1v) is 2.84. The van der Waals surface area contributed by atoms with Crippen LogP contribution in [0.4, 0.5) is 0 Å². The topological polar surface area (TPSA) is 49.1 Å². The second-order valence-corrected chi connectivity index (χ2v) is 1.91. The van der Waals surface area contributed by atoms with Gasteiger partial charge >= 0.3 is 0 Å². The summed E-state index contributed by atoms with van der Waals surface area (Å²) >= 11 is 0. The van der Waals surface area contributed by atoms with Gasteiger partial charge in [-0.25, -0.2) is 0 Å². The molecule has 1 aromatic rings. The number of nitrogens with zero attached hydrogens (tertiary/aromatic N) is 2. The van der Waals surface area contributed by atoms with Crippen molar-refractivity contribution in [3.63, 3.8) is 0 Å². The number of ether oxygens (including phenoxy) is 1. The van der Waals surface area contributed by atoms with Gasteiger partial charge in [0.1, 0.15) is 11.9 Å². The van der Waals surface area contributed by atoms with Crippen molar-refractivity contribution in [3.8, 4) is 5.75 Å². The Morgan fingerprint density at radius 2 is 2.40 bits per heavy atom. The van der Waals surface area contributed by atoms with E-state index in [0.29, 0.717) is 16.3 Å². The van der Waals surface area contributed by atoms with Crippen molar-refractivity contribution in [2.24, 2.45) is 0 Å². The maximum absolute atomic E-state index is 10.6. The van der Waals surface area contributed by atoms with E-state index in [-0.39, 0.29) is 0 Å².